The number of rotatable bonds is 4. The smallest absolute Gasteiger partial charge is 0.224 e. The zero-order chi connectivity index (χ0) is 12.0. The van der Waals surface area contributed by atoms with Gasteiger partial charge in [-0.25, -0.2) is 0 Å². The second-order valence-corrected chi connectivity index (χ2v) is 4.36. The summed E-state index contributed by atoms with van der Waals surface area (Å²) in [6.45, 7) is 5.36. The summed E-state index contributed by atoms with van der Waals surface area (Å²) in [5.41, 5.74) is 0. The second kappa shape index (κ2) is 6.48. The Balaban J connectivity index is 2.12. The molecule has 16 heavy (non-hydrogen) atoms. The monoisotopic (exact) mass is 227 g/mol. The first-order chi connectivity index (χ1) is 7.59. The first-order valence-electron chi connectivity index (χ1n) is 5.85. The fourth-order valence-electron chi connectivity index (χ4n) is 1.79. The predicted molar refractivity (Wildman–Crippen MR) is 61.9 cm³/mol. The molecule has 2 atom stereocenters. The van der Waals surface area contributed by atoms with Crippen LogP contribution < -0.4 is 16.0 Å². The van der Waals surface area contributed by atoms with Gasteiger partial charge in [0.2, 0.25) is 11.8 Å². The minimum absolute atomic E-state index is 0.0672. The summed E-state index contributed by atoms with van der Waals surface area (Å²) in [4.78, 5) is 22.3. The molecule has 0 spiro atoms. The van der Waals surface area contributed by atoms with Gasteiger partial charge in [0.25, 0.3) is 0 Å². The van der Waals surface area contributed by atoms with E-state index >= 15 is 0 Å². The number of hydrogen-bond donors (Lipinski definition) is 3. The third kappa shape index (κ3) is 4.61. The van der Waals surface area contributed by atoms with Gasteiger partial charge in [-0.15, -0.1) is 0 Å². The molecule has 1 saturated heterocycles. The maximum absolute atomic E-state index is 11.7. The molecule has 5 heteroatoms. The van der Waals surface area contributed by atoms with E-state index in [2.05, 4.69) is 22.9 Å². The average Bonchev–Trinajstić information content (AvgIpc) is 2.25. The number of nitrogens with one attached hydrogen (secondary N) is 3. The number of carbonyl (C=O) groups excluding carboxylic acids is 2. The van der Waals surface area contributed by atoms with Gasteiger partial charge in [0.05, 0.1) is 5.92 Å². The van der Waals surface area contributed by atoms with Crippen molar-refractivity contribution in [3.63, 3.8) is 0 Å². The molecule has 0 aromatic carbocycles. The Morgan fingerprint density at radius 3 is 2.50 bits per heavy atom. The summed E-state index contributed by atoms with van der Waals surface area (Å²) in [7, 11) is 0. The van der Waals surface area contributed by atoms with Crippen molar-refractivity contribution in [2.75, 3.05) is 19.6 Å². The topological polar surface area (TPSA) is 70.2 Å². The standard InChI is InChI=1S/C11H21N3O2/c1-8-3-4-10(7-14-8)11(16)13-6-5-12-9(2)15/h8,10,14H,3-7H2,1-2H3,(H,12,15)(H,13,16). The highest BCUT2D eigenvalue weighted by molar-refractivity contribution is 5.79. The van der Waals surface area contributed by atoms with Gasteiger partial charge in [0.15, 0.2) is 0 Å². The zero-order valence-electron chi connectivity index (χ0n) is 10.0. The minimum Gasteiger partial charge on any atom is -0.355 e. The van der Waals surface area contributed by atoms with E-state index in [-0.39, 0.29) is 17.7 Å². The lowest BCUT2D eigenvalue weighted by Crippen LogP contribution is -2.45. The van der Waals surface area contributed by atoms with Crippen LogP contribution in [0.3, 0.4) is 0 Å². The number of carbonyl (C=O) groups is 2. The van der Waals surface area contributed by atoms with E-state index in [4.69, 9.17) is 0 Å². The molecule has 0 aliphatic carbocycles. The highest BCUT2D eigenvalue weighted by atomic mass is 16.2. The Morgan fingerprint density at radius 2 is 1.94 bits per heavy atom. The van der Waals surface area contributed by atoms with Gasteiger partial charge in [-0.1, -0.05) is 0 Å². The maximum atomic E-state index is 11.7. The van der Waals surface area contributed by atoms with E-state index in [1.54, 1.807) is 0 Å². The third-order valence-corrected chi connectivity index (χ3v) is 2.83. The zero-order valence-corrected chi connectivity index (χ0v) is 10.0. The number of hydrogen-bond acceptors (Lipinski definition) is 3. The van der Waals surface area contributed by atoms with E-state index in [0.717, 1.165) is 19.4 Å². The van der Waals surface area contributed by atoms with Crippen LogP contribution >= 0.6 is 0 Å². The van der Waals surface area contributed by atoms with Crippen LogP contribution in [0.15, 0.2) is 0 Å². The van der Waals surface area contributed by atoms with Crippen LogP contribution in [0.4, 0.5) is 0 Å². The fourth-order valence-corrected chi connectivity index (χ4v) is 1.79. The minimum atomic E-state index is -0.0672. The molecule has 1 aliphatic rings. The van der Waals surface area contributed by atoms with Gasteiger partial charge in [-0.05, 0) is 19.8 Å². The van der Waals surface area contributed by atoms with Gasteiger partial charge in [-0.2, -0.15) is 0 Å². The average molecular weight is 227 g/mol. The lowest BCUT2D eigenvalue weighted by molar-refractivity contribution is -0.126. The lowest BCUT2D eigenvalue weighted by Gasteiger charge is -2.26. The van der Waals surface area contributed by atoms with E-state index in [9.17, 15) is 9.59 Å². The Kier molecular flexibility index (Phi) is 5.25. The molecule has 2 unspecified atom stereocenters. The van der Waals surface area contributed by atoms with Crippen LogP contribution in [0.1, 0.15) is 26.7 Å². The van der Waals surface area contributed by atoms with Crippen molar-refractivity contribution in [3.8, 4) is 0 Å². The SMILES string of the molecule is CC(=O)NCCNC(=O)C1CCC(C)NC1. The van der Waals surface area contributed by atoms with Crippen molar-refractivity contribution < 1.29 is 9.59 Å². The molecule has 0 radical (unpaired) electrons. The van der Waals surface area contributed by atoms with Crippen molar-refractivity contribution in [2.24, 2.45) is 5.92 Å². The van der Waals surface area contributed by atoms with Crippen LogP contribution in [0, 0.1) is 5.92 Å². The van der Waals surface area contributed by atoms with Crippen LogP contribution in [0.5, 0.6) is 0 Å². The van der Waals surface area contributed by atoms with Crippen molar-refractivity contribution in [1.29, 1.82) is 0 Å². The molecule has 0 aromatic rings. The Hall–Kier alpha value is -1.10. The molecule has 0 saturated carbocycles. The molecular formula is C11H21N3O2. The fraction of sp³-hybridized carbons (Fsp3) is 0.818. The molecule has 1 fully saturated rings. The molecule has 0 aromatic heterocycles. The predicted octanol–water partition coefficient (Wildman–Crippen LogP) is -0.373. The summed E-state index contributed by atoms with van der Waals surface area (Å²) >= 11 is 0. The lowest BCUT2D eigenvalue weighted by atomic mass is 9.95. The maximum Gasteiger partial charge on any atom is 0.224 e. The Bertz CT molecular complexity index is 248. The van der Waals surface area contributed by atoms with Crippen molar-refractivity contribution in [3.05, 3.63) is 0 Å². The molecule has 2 amide bonds. The Morgan fingerprint density at radius 1 is 1.25 bits per heavy atom. The molecule has 5 nitrogen and oxygen atoms in total. The normalized spacial score (nSPS) is 24.9. The van der Waals surface area contributed by atoms with Crippen LogP contribution in [0.2, 0.25) is 0 Å². The molecule has 92 valence electrons. The van der Waals surface area contributed by atoms with Gasteiger partial charge in [-0.3, -0.25) is 9.59 Å². The van der Waals surface area contributed by atoms with E-state index < -0.39 is 0 Å². The number of amides is 2. The van der Waals surface area contributed by atoms with Gasteiger partial charge < -0.3 is 16.0 Å². The molecule has 1 aliphatic heterocycles. The largest absolute Gasteiger partial charge is 0.355 e. The highest BCUT2D eigenvalue weighted by Crippen LogP contribution is 2.13. The van der Waals surface area contributed by atoms with Crippen molar-refractivity contribution in [2.45, 2.75) is 32.7 Å². The van der Waals surface area contributed by atoms with E-state index in [1.165, 1.54) is 6.92 Å². The van der Waals surface area contributed by atoms with Gasteiger partial charge >= 0.3 is 0 Å². The molecule has 0 bridgehead atoms. The van der Waals surface area contributed by atoms with Crippen molar-refractivity contribution >= 4 is 11.8 Å². The Labute approximate surface area is 96.4 Å². The van der Waals surface area contributed by atoms with Gasteiger partial charge in [0.1, 0.15) is 0 Å². The molecule has 1 rings (SSSR count). The summed E-state index contributed by atoms with van der Waals surface area (Å²) in [6.07, 6.45) is 1.99. The summed E-state index contributed by atoms with van der Waals surface area (Å²) in [5, 5.41) is 8.76. The van der Waals surface area contributed by atoms with Crippen LogP contribution in [-0.2, 0) is 9.59 Å². The van der Waals surface area contributed by atoms with Crippen molar-refractivity contribution in [1.82, 2.24) is 16.0 Å². The molecular weight excluding hydrogens is 206 g/mol. The quantitative estimate of drug-likeness (QED) is 0.574. The molecule has 1 heterocycles. The van der Waals surface area contributed by atoms with E-state index in [1.807, 2.05) is 0 Å². The highest BCUT2D eigenvalue weighted by Gasteiger charge is 2.23. The molecule has 3 N–H and O–H groups in total. The third-order valence-electron chi connectivity index (χ3n) is 2.83. The van der Waals surface area contributed by atoms with Crippen LogP contribution in [0.25, 0.3) is 0 Å². The van der Waals surface area contributed by atoms with Crippen LogP contribution in [-0.4, -0.2) is 37.5 Å². The first kappa shape index (κ1) is 13.0. The summed E-state index contributed by atoms with van der Waals surface area (Å²) < 4.78 is 0. The summed E-state index contributed by atoms with van der Waals surface area (Å²) in [6, 6.07) is 0.517. The first-order valence-corrected chi connectivity index (χ1v) is 5.85. The summed E-state index contributed by atoms with van der Waals surface area (Å²) in [5.74, 6) is 0.0979. The second-order valence-electron chi connectivity index (χ2n) is 4.36. The van der Waals surface area contributed by atoms with E-state index in [0.29, 0.717) is 19.1 Å². The number of piperidine rings is 1. The van der Waals surface area contributed by atoms with Gasteiger partial charge in [0, 0.05) is 32.6 Å².